The van der Waals surface area contributed by atoms with E-state index in [4.69, 9.17) is 15.2 Å². The second-order valence-corrected chi connectivity index (χ2v) is 4.49. The van der Waals surface area contributed by atoms with Gasteiger partial charge in [-0.2, -0.15) is 0 Å². The molecule has 1 aliphatic heterocycles. The van der Waals surface area contributed by atoms with E-state index in [9.17, 15) is 4.79 Å². The van der Waals surface area contributed by atoms with Gasteiger partial charge in [0.1, 0.15) is 0 Å². The van der Waals surface area contributed by atoms with E-state index in [2.05, 4.69) is 5.32 Å². The molecule has 2 unspecified atom stereocenters. The van der Waals surface area contributed by atoms with E-state index >= 15 is 0 Å². The number of amides is 1. The van der Waals surface area contributed by atoms with E-state index in [1.807, 2.05) is 0 Å². The summed E-state index contributed by atoms with van der Waals surface area (Å²) >= 11 is 0. The van der Waals surface area contributed by atoms with Gasteiger partial charge in [-0.05, 0) is 32.2 Å². The molecule has 0 aromatic heterocycles. The second kappa shape index (κ2) is 8.44. The number of carbonyl (C=O) groups excluding carboxylic acids is 1. The minimum absolute atomic E-state index is 0.0149. The Morgan fingerprint density at radius 1 is 1.59 bits per heavy atom. The molecule has 0 radical (unpaired) electrons. The monoisotopic (exact) mass is 244 g/mol. The third-order valence-corrected chi connectivity index (χ3v) is 2.94. The van der Waals surface area contributed by atoms with Crippen LogP contribution in [0.1, 0.15) is 32.1 Å². The minimum atomic E-state index is 0.0149. The molecule has 1 fully saturated rings. The molecule has 0 saturated carbocycles. The summed E-state index contributed by atoms with van der Waals surface area (Å²) in [5.41, 5.74) is 5.49. The van der Waals surface area contributed by atoms with Gasteiger partial charge in [-0.3, -0.25) is 4.79 Å². The highest BCUT2D eigenvalue weighted by Crippen LogP contribution is 2.15. The molecule has 0 aliphatic carbocycles. The lowest BCUT2D eigenvalue weighted by atomic mass is 10.1. The average molecular weight is 244 g/mol. The van der Waals surface area contributed by atoms with Crippen LogP contribution in [0.2, 0.25) is 0 Å². The molecule has 5 heteroatoms. The van der Waals surface area contributed by atoms with E-state index < -0.39 is 0 Å². The fourth-order valence-electron chi connectivity index (χ4n) is 2.06. The van der Waals surface area contributed by atoms with Crippen molar-refractivity contribution < 1.29 is 14.3 Å². The summed E-state index contributed by atoms with van der Waals surface area (Å²) in [6, 6.07) is 0.0149. The van der Waals surface area contributed by atoms with Gasteiger partial charge in [0, 0.05) is 13.7 Å². The van der Waals surface area contributed by atoms with Crippen LogP contribution in [-0.4, -0.2) is 44.9 Å². The van der Waals surface area contributed by atoms with Crippen LogP contribution in [0.25, 0.3) is 0 Å². The maximum absolute atomic E-state index is 11.8. The lowest BCUT2D eigenvalue weighted by Crippen LogP contribution is -2.41. The summed E-state index contributed by atoms with van der Waals surface area (Å²) in [4.78, 5) is 11.8. The number of hydrogen-bond acceptors (Lipinski definition) is 4. The van der Waals surface area contributed by atoms with Gasteiger partial charge in [0.25, 0.3) is 0 Å². The van der Waals surface area contributed by atoms with Gasteiger partial charge in [-0.1, -0.05) is 0 Å². The summed E-state index contributed by atoms with van der Waals surface area (Å²) in [5.74, 6) is 0.0346. The Hall–Kier alpha value is -0.650. The van der Waals surface area contributed by atoms with Crippen LogP contribution in [0, 0.1) is 0 Å². The maximum atomic E-state index is 11.8. The molecule has 3 N–H and O–H groups in total. The van der Waals surface area contributed by atoms with Gasteiger partial charge in [0.15, 0.2) is 0 Å². The van der Waals surface area contributed by atoms with Crippen LogP contribution in [0.15, 0.2) is 0 Å². The number of carbonyl (C=O) groups is 1. The zero-order valence-corrected chi connectivity index (χ0v) is 10.6. The molecule has 100 valence electrons. The fourth-order valence-corrected chi connectivity index (χ4v) is 2.06. The second-order valence-electron chi connectivity index (χ2n) is 4.49. The Kier molecular flexibility index (Phi) is 7.16. The third kappa shape index (κ3) is 6.00. The number of ether oxygens (including phenoxy) is 2. The highest BCUT2D eigenvalue weighted by Gasteiger charge is 2.19. The van der Waals surface area contributed by atoms with Crippen LogP contribution in [-0.2, 0) is 14.3 Å². The highest BCUT2D eigenvalue weighted by molar-refractivity contribution is 5.76. The van der Waals surface area contributed by atoms with Crippen LogP contribution in [0.4, 0.5) is 0 Å². The number of nitrogens with two attached hydrogens (primary N) is 1. The van der Waals surface area contributed by atoms with Crippen molar-refractivity contribution in [2.24, 2.45) is 5.73 Å². The van der Waals surface area contributed by atoms with Crippen LogP contribution < -0.4 is 11.1 Å². The Morgan fingerprint density at radius 3 is 3.00 bits per heavy atom. The van der Waals surface area contributed by atoms with Crippen molar-refractivity contribution in [3.63, 3.8) is 0 Å². The van der Waals surface area contributed by atoms with E-state index in [1.54, 1.807) is 7.11 Å². The standard InChI is InChI=1S/C12H24N2O3/c1-16-9-10(5-6-13)14-12(15)8-11-4-2-3-7-17-11/h10-11H,2-9,13H2,1H3,(H,14,15). The summed E-state index contributed by atoms with van der Waals surface area (Å²) < 4.78 is 10.6. The van der Waals surface area contributed by atoms with Crippen molar-refractivity contribution in [2.75, 3.05) is 26.9 Å². The van der Waals surface area contributed by atoms with Gasteiger partial charge in [-0.15, -0.1) is 0 Å². The van der Waals surface area contributed by atoms with Crippen molar-refractivity contribution in [3.05, 3.63) is 0 Å². The van der Waals surface area contributed by atoms with Gasteiger partial charge in [0.2, 0.25) is 5.91 Å². The predicted molar refractivity (Wildman–Crippen MR) is 65.7 cm³/mol. The topological polar surface area (TPSA) is 73.6 Å². The maximum Gasteiger partial charge on any atom is 0.222 e. The van der Waals surface area contributed by atoms with E-state index in [-0.39, 0.29) is 18.1 Å². The smallest absolute Gasteiger partial charge is 0.222 e. The van der Waals surface area contributed by atoms with Gasteiger partial charge >= 0.3 is 0 Å². The molecule has 0 bridgehead atoms. The third-order valence-electron chi connectivity index (χ3n) is 2.94. The SMILES string of the molecule is COCC(CCN)NC(=O)CC1CCCCO1. The van der Waals surface area contributed by atoms with Crippen LogP contribution >= 0.6 is 0 Å². The largest absolute Gasteiger partial charge is 0.383 e. The normalized spacial score (nSPS) is 22.1. The Labute approximate surface area is 103 Å². The molecule has 0 aromatic rings. The van der Waals surface area contributed by atoms with Gasteiger partial charge in [-0.25, -0.2) is 0 Å². The Morgan fingerprint density at radius 2 is 2.41 bits per heavy atom. The molecule has 1 rings (SSSR count). The quantitative estimate of drug-likeness (QED) is 0.681. The van der Waals surface area contributed by atoms with Crippen LogP contribution in [0.5, 0.6) is 0 Å². The molecule has 1 heterocycles. The van der Waals surface area contributed by atoms with Crippen molar-refractivity contribution in [2.45, 2.75) is 44.2 Å². The Balaban J connectivity index is 2.25. The van der Waals surface area contributed by atoms with Crippen molar-refractivity contribution in [3.8, 4) is 0 Å². The molecule has 0 aromatic carbocycles. The fraction of sp³-hybridized carbons (Fsp3) is 0.917. The molecule has 2 atom stereocenters. The van der Waals surface area contributed by atoms with Crippen LogP contribution in [0.3, 0.4) is 0 Å². The molecule has 1 aliphatic rings. The molecular formula is C12H24N2O3. The Bertz CT molecular complexity index is 212. The number of methoxy groups -OCH3 is 1. The number of hydrogen-bond donors (Lipinski definition) is 2. The first-order valence-corrected chi connectivity index (χ1v) is 6.36. The molecule has 1 amide bonds. The first-order valence-electron chi connectivity index (χ1n) is 6.36. The molecular weight excluding hydrogens is 220 g/mol. The minimum Gasteiger partial charge on any atom is -0.383 e. The first kappa shape index (κ1) is 14.4. The first-order chi connectivity index (χ1) is 8.26. The predicted octanol–water partition coefficient (Wildman–Crippen LogP) is 0.426. The summed E-state index contributed by atoms with van der Waals surface area (Å²) in [5, 5.41) is 2.94. The van der Waals surface area contributed by atoms with Crippen molar-refractivity contribution in [1.29, 1.82) is 0 Å². The summed E-state index contributed by atoms with van der Waals surface area (Å²) in [7, 11) is 1.62. The average Bonchev–Trinajstić information content (AvgIpc) is 2.30. The number of rotatable bonds is 7. The van der Waals surface area contributed by atoms with Crippen molar-refractivity contribution >= 4 is 5.91 Å². The van der Waals surface area contributed by atoms with Crippen molar-refractivity contribution in [1.82, 2.24) is 5.32 Å². The summed E-state index contributed by atoms with van der Waals surface area (Å²) in [6.45, 7) is 1.84. The number of nitrogens with one attached hydrogen (secondary N) is 1. The zero-order valence-electron chi connectivity index (χ0n) is 10.6. The highest BCUT2D eigenvalue weighted by atomic mass is 16.5. The lowest BCUT2D eigenvalue weighted by Gasteiger charge is -2.23. The lowest BCUT2D eigenvalue weighted by molar-refractivity contribution is -0.126. The summed E-state index contributed by atoms with van der Waals surface area (Å²) in [6.07, 6.45) is 4.53. The van der Waals surface area contributed by atoms with E-state index in [0.717, 1.165) is 32.3 Å². The van der Waals surface area contributed by atoms with Gasteiger partial charge < -0.3 is 20.5 Å². The molecule has 5 nitrogen and oxygen atoms in total. The zero-order chi connectivity index (χ0) is 12.5. The molecule has 0 spiro atoms. The van der Waals surface area contributed by atoms with E-state index in [1.165, 1.54) is 0 Å². The molecule has 1 saturated heterocycles. The van der Waals surface area contributed by atoms with E-state index in [0.29, 0.717) is 19.6 Å². The molecule has 17 heavy (non-hydrogen) atoms. The van der Waals surface area contributed by atoms with Gasteiger partial charge in [0.05, 0.1) is 25.2 Å².